The Morgan fingerprint density at radius 3 is 2.82 bits per heavy atom. The number of carbonyl (C=O) groups excluding carboxylic acids is 1. The highest BCUT2D eigenvalue weighted by Gasteiger charge is 2.28. The first kappa shape index (κ1) is 21.9. The number of thioether (sulfide) groups is 1. The predicted octanol–water partition coefficient (Wildman–Crippen LogP) is 5.49. The lowest BCUT2D eigenvalue weighted by molar-refractivity contribution is 0.0893. The molecule has 0 spiro atoms. The number of aromatic amines is 1. The van der Waals surface area contributed by atoms with Gasteiger partial charge < -0.3 is 20.2 Å². The van der Waals surface area contributed by atoms with Crippen molar-refractivity contribution in [3.05, 3.63) is 90.1 Å². The van der Waals surface area contributed by atoms with Crippen LogP contribution in [0.5, 0.6) is 5.75 Å². The molecular formula is C26H24N4O3S. The molecule has 0 aliphatic carbocycles. The van der Waals surface area contributed by atoms with E-state index in [1.54, 1.807) is 11.8 Å². The second-order valence-corrected chi connectivity index (χ2v) is 9.26. The number of hydrogen-bond donors (Lipinski definition) is 4. The Kier molecular flexibility index (Phi) is 6.14. The van der Waals surface area contributed by atoms with Crippen molar-refractivity contribution in [1.82, 2.24) is 4.98 Å². The van der Waals surface area contributed by atoms with Crippen LogP contribution in [-0.4, -0.2) is 28.8 Å². The lowest BCUT2D eigenvalue weighted by Gasteiger charge is -2.21. The fourth-order valence-corrected chi connectivity index (χ4v) is 5.14. The minimum atomic E-state index is -0.551. The summed E-state index contributed by atoms with van der Waals surface area (Å²) in [5.41, 5.74) is 9.32. The van der Waals surface area contributed by atoms with Gasteiger partial charge in [0.2, 0.25) is 0 Å². The van der Waals surface area contributed by atoms with Gasteiger partial charge in [-0.15, -0.1) is 11.8 Å². The molecule has 3 aromatic carbocycles. The Bertz CT molecular complexity index is 1340. The second-order valence-electron chi connectivity index (χ2n) is 8.02. The molecular weight excluding hydrogens is 448 g/mol. The molecule has 0 saturated carbocycles. The second kappa shape index (κ2) is 9.52. The average molecular weight is 473 g/mol. The van der Waals surface area contributed by atoms with Gasteiger partial charge in [-0.25, -0.2) is 4.79 Å². The molecule has 2 heterocycles. The van der Waals surface area contributed by atoms with Crippen LogP contribution in [0, 0.1) is 5.41 Å². The monoisotopic (exact) mass is 472 g/mol. The van der Waals surface area contributed by atoms with Crippen molar-refractivity contribution in [2.75, 3.05) is 11.9 Å². The summed E-state index contributed by atoms with van der Waals surface area (Å²) in [5, 5.41) is 11.5. The molecule has 7 nitrogen and oxygen atoms in total. The third kappa shape index (κ3) is 4.72. The number of H-pyrrole nitrogens is 1. The molecule has 1 aliphatic heterocycles. The van der Waals surface area contributed by atoms with E-state index in [0.717, 1.165) is 26.9 Å². The zero-order valence-electron chi connectivity index (χ0n) is 18.3. The average Bonchev–Trinajstić information content (AvgIpc) is 3.49. The summed E-state index contributed by atoms with van der Waals surface area (Å²) in [7, 11) is 0. The Morgan fingerprint density at radius 1 is 1.15 bits per heavy atom. The lowest BCUT2D eigenvalue weighted by atomic mass is 10.1. The quantitative estimate of drug-likeness (QED) is 0.210. The van der Waals surface area contributed by atoms with Gasteiger partial charge in [0.05, 0.1) is 5.25 Å². The van der Waals surface area contributed by atoms with E-state index in [1.807, 2.05) is 79.0 Å². The standard InChI is InChI=1S/C26H24N4O3S/c27-25(28)24-14-19-21(7-4-8-23(19)34-24)33-22(16-5-2-1-3-6-16)15-32-26(31)30-18-9-10-20-17(13-18)11-12-29-20/h1-13,22,24,29H,14-15H2,(H3,27,28)(H,30,31). The molecule has 8 heteroatoms. The zero-order chi connectivity index (χ0) is 23.5. The summed E-state index contributed by atoms with van der Waals surface area (Å²) in [5.74, 6) is 0.870. The van der Waals surface area contributed by atoms with Crippen LogP contribution in [0.15, 0.2) is 83.9 Å². The van der Waals surface area contributed by atoms with Crippen molar-refractivity contribution >= 4 is 40.3 Å². The van der Waals surface area contributed by atoms with E-state index in [1.165, 1.54) is 0 Å². The van der Waals surface area contributed by atoms with Crippen LogP contribution < -0.4 is 15.8 Å². The molecule has 1 amide bonds. The topological polar surface area (TPSA) is 113 Å². The van der Waals surface area contributed by atoms with Gasteiger partial charge in [0.25, 0.3) is 0 Å². The van der Waals surface area contributed by atoms with E-state index in [-0.39, 0.29) is 17.7 Å². The largest absolute Gasteiger partial charge is 0.482 e. The number of amidine groups is 1. The summed E-state index contributed by atoms with van der Waals surface area (Å²) in [6.07, 6.45) is 1.44. The number of aromatic nitrogens is 1. The molecule has 4 aromatic rings. The van der Waals surface area contributed by atoms with Crippen LogP contribution in [0.3, 0.4) is 0 Å². The number of amides is 1. The number of fused-ring (bicyclic) bond motifs is 2. The van der Waals surface area contributed by atoms with Gasteiger partial charge in [0.1, 0.15) is 18.2 Å². The van der Waals surface area contributed by atoms with Crippen LogP contribution in [0.2, 0.25) is 0 Å². The highest BCUT2D eigenvalue weighted by molar-refractivity contribution is 8.01. The first-order valence-corrected chi connectivity index (χ1v) is 11.8. The van der Waals surface area contributed by atoms with E-state index in [0.29, 0.717) is 17.9 Å². The Hall–Kier alpha value is -3.91. The predicted molar refractivity (Wildman–Crippen MR) is 135 cm³/mol. The van der Waals surface area contributed by atoms with Crippen molar-refractivity contribution in [3.63, 3.8) is 0 Å². The van der Waals surface area contributed by atoms with Crippen molar-refractivity contribution in [3.8, 4) is 5.75 Å². The molecule has 2 unspecified atom stereocenters. The number of anilines is 1. The highest BCUT2D eigenvalue weighted by Crippen LogP contribution is 2.42. The Morgan fingerprint density at radius 2 is 2.00 bits per heavy atom. The molecule has 172 valence electrons. The molecule has 1 aromatic heterocycles. The lowest BCUT2D eigenvalue weighted by Crippen LogP contribution is -2.24. The molecule has 0 radical (unpaired) electrons. The molecule has 0 fully saturated rings. The van der Waals surface area contributed by atoms with Crippen LogP contribution >= 0.6 is 11.8 Å². The number of nitrogens with one attached hydrogen (secondary N) is 3. The van der Waals surface area contributed by atoms with Crippen molar-refractivity contribution < 1.29 is 14.3 Å². The van der Waals surface area contributed by atoms with Crippen LogP contribution in [0.4, 0.5) is 10.5 Å². The van der Waals surface area contributed by atoms with E-state index in [2.05, 4.69) is 10.3 Å². The van der Waals surface area contributed by atoms with Crippen molar-refractivity contribution in [2.24, 2.45) is 5.73 Å². The molecule has 34 heavy (non-hydrogen) atoms. The first-order chi connectivity index (χ1) is 16.6. The van der Waals surface area contributed by atoms with Crippen molar-refractivity contribution in [1.29, 1.82) is 5.41 Å². The Balaban J connectivity index is 1.30. The van der Waals surface area contributed by atoms with Gasteiger partial charge in [-0.05, 0) is 48.4 Å². The SMILES string of the molecule is N=C(N)C1Cc2c(OC(COC(=O)Nc3ccc4[nH]ccc4c3)c3ccccc3)cccc2S1. The summed E-state index contributed by atoms with van der Waals surface area (Å²) in [6.45, 7) is 0.0369. The normalized spacial score (nSPS) is 15.5. The van der Waals surface area contributed by atoms with Gasteiger partial charge in [-0.3, -0.25) is 10.7 Å². The number of nitrogens with two attached hydrogens (primary N) is 1. The maximum Gasteiger partial charge on any atom is 0.411 e. The summed E-state index contributed by atoms with van der Waals surface area (Å²) in [4.78, 5) is 16.7. The van der Waals surface area contributed by atoms with E-state index >= 15 is 0 Å². The molecule has 0 bridgehead atoms. The minimum absolute atomic E-state index is 0.0369. The summed E-state index contributed by atoms with van der Waals surface area (Å²) in [6, 6.07) is 23.1. The third-order valence-electron chi connectivity index (χ3n) is 5.70. The van der Waals surface area contributed by atoms with Gasteiger partial charge in [-0.1, -0.05) is 36.4 Å². The fraction of sp³-hybridized carbons (Fsp3) is 0.154. The van der Waals surface area contributed by atoms with Gasteiger partial charge in [0.15, 0.2) is 6.10 Å². The van der Waals surface area contributed by atoms with Gasteiger partial charge >= 0.3 is 6.09 Å². The highest BCUT2D eigenvalue weighted by atomic mass is 32.2. The number of carbonyl (C=O) groups is 1. The number of hydrogen-bond acceptors (Lipinski definition) is 5. The number of benzene rings is 3. The third-order valence-corrected chi connectivity index (χ3v) is 7.04. The first-order valence-electron chi connectivity index (χ1n) is 10.9. The van der Waals surface area contributed by atoms with Gasteiger partial charge in [0, 0.05) is 33.2 Å². The molecule has 2 atom stereocenters. The maximum absolute atomic E-state index is 12.5. The minimum Gasteiger partial charge on any atom is -0.482 e. The van der Waals surface area contributed by atoms with Crippen LogP contribution in [0.1, 0.15) is 17.2 Å². The number of ether oxygens (including phenoxy) is 2. The van der Waals surface area contributed by atoms with E-state index < -0.39 is 12.2 Å². The summed E-state index contributed by atoms with van der Waals surface area (Å²) < 4.78 is 12.0. The molecule has 0 saturated heterocycles. The molecule has 5 rings (SSSR count). The van der Waals surface area contributed by atoms with Crippen LogP contribution in [0.25, 0.3) is 10.9 Å². The molecule has 5 N–H and O–H groups in total. The zero-order valence-corrected chi connectivity index (χ0v) is 19.1. The maximum atomic E-state index is 12.5. The van der Waals surface area contributed by atoms with Gasteiger partial charge in [-0.2, -0.15) is 0 Å². The molecule has 1 aliphatic rings. The Labute approximate surface area is 201 Å². The van der Waals surface area contributed by atoms with Crippen molar-refractivity contribution in [2.45, 2.75) is 22.7 Å². The smallest absolute Gasteiger partial charge is 0.411 e. The number of rotatable bonds is 7. The summed E-state index contributed by atoms with van der Waals surface area (Å²) >= 11 is 1.58. The fourth-order valence-electron chi connectivity index (χ4n) is 3.98. The van der Waals surface area contributed by atoms with Crippen LogP contribution in [-0.2, 0) is 11.2 Å². The van der Waals surface area contributed by atoms with E-state index in [9.17, 15) is 4.79 Å². The van der Waals surface area contributed by atoms with E-state index in [4.69, 9.17) is 20.6 Å².